The average molecular weight is 418 g/mol. The molecule has 1 aromatic heterocycles. The van der Waals surface area contributed by atoms with E-state index in [9.17, 15) is 9.59 Å². The Labute approximate surface area is 181 Å². The molecule has 31 heavy (non-hydrogen) atoms. The quantitative estimate of drug-likeness (QED) is 0.691. The summed E-state index contributed by atoms with van der Waals surface area (Å²) in [7, 11) is 3.43. The maximum atomic E-state index is 12.9. The molecule has 1 N–H and O–H groups in total. The van der Waals surface area contributed by atoms with Crippen LogP contribution in [0.1, 0.15) is 16.1 Å². The van der Waals surface area contributed by atoms with Crippen molar-refractivity contribution in [2.75, 3.05) is 26.7 Å². The molecule has 2 amide bonds. The van der Waals surface area contributed by atoms with E-state index in [2.05, 4.69) is 10.4 Å². The highest BCUT2D eigenvalue weighted by atomic mass is 16.5. The number of nitrogens with one attached hydrogen (secondary N) is 1. The van der Waals surface area contributed by atoms with Gasteiger partial charge in [0.25, 0.3) is 5.91 Å². The highest BCUT2D eigenvalue weighted by molar-refractivity contribution is 5.93. The summed E-state index contributed by atoms with van der Waals surface area (Å²) >= 11 is 0. The van der Waals surface area contributed by atoms with Gasteiger partial charge in [-0.1, -0.05) is 42.5 Å². The molecule has 3 aromatic rings. The Morgan fingerprint density at radius 1 is 1.13 bits per heavy atom. The van der Waals surface area contributed by atoms with Crippen molar-refractivity contribution < 1.29 is 14.3 Å². The van der Waals surface area contributed by atoms with Crippen molar-refractivity contribution in [2.45, 2.75) is 6.42 Å². The van der Waals surface area contributed by atoms with Crippen LogP contribution in [0.5, 0.6) is 5.75 Å². The molecule has 1 unspecified atom stereocenters. The molecule has 1 fully saturated rings. The fourth-order valence-electron chi connectivity index (χ4n) is 4.03. The number of nitrogens with zero attached hydrogens (tertiary/aromatic N) is 3. The zero-order valence-electron chi connectivity index (χ0n) is 17.7. The van der Waals surface area contributed by atoms with Crippen molar-refractivity contribution in [1.29, 1.82) is 0 Å². The molecule has 0 saturated carbocycles. The van der Waals surface area contributed by atoms with E-state index in [0.29, 0.717) is 31.7 Å². The van der Waals surface area contributed by atoms with Crippen LogP contribution < -0.4 is 10.1 Å². The van der Waals surface area contributed by atoms with Gasteiger partial charge in [0.05, 0.1) is 13.0 Å². The Morgan fingerprint density at radius 2 is 1.87 bits per heavy atom. The Balaban J connectivity index is 1.61. The monoisotopic (exact) mass is 418 g/mol. The van der Waals surface area contributed by atoms with E-state index in [1.165, 1.54) is 0 Å². The highest BCUT2D eigenvalue weighted by Crippen LogP contribution is 2.33. The standard InChI is InChI=1S/C24H26N4O3/c1-27-13-11-21(26-27)24(30)28-14-12-25-23(29)18(16-28)15-17-7-3-4-8-19(17)20-9-5-6-10-22(20)31-2/h3-11,13,18H,12,14-16H2,1-2H3,(H,25,29). The molecule has 2 aromatic carbocycles. The summed E-state index contributed by atoms with van der Waals surface area (Å²) in [6.45, 7) is 1.25. The van der Waals surface area contributed by atoms with Crippen LogP contribution in [0.3, 0.4) is 0 Å². The number of carbonyl (C=O) groups is 2. The van der Waals surface area contributed by atoms with Gasteiger partial charge in [0, 0.05) is 38.4 Å². The van der Waals surface area contributed by atoms with Crippen molar-refractivity contribution in [2.24, 2.45) is 13.0 Å². The van der Waals surface area contributed by atoms with Crippen molar-refractivity contribution in [3.63, 3.8) is 0 Å². The molecule has 7 nitrogen and oxygen atoms in total. The number of amides is 2. The van der Waals surface area contributed by atoms with Gasteiger partial charge in [0.2, 0.25) is 5.91 Å². The maximum absolute atomic E-state index is 12.9. The number of benzene rings is 2. The number of para-hydroxylation sites is 1. The lowest BCUT2D eigenvalue weighted by Crippen LogP contribution is -2.37. The molecule has 0 aliphatic carbocycles. The third-order valence-electron chi connectivity index (χ3n) is 5.59. The van der Waals surface area contributed by atoms with E-state index < -0.39 is 0 Å². The van der Waals surface area contributed by atoms with Crippen LogP contribution in [-0.2, 0) is 18.3 Å². The second-order valence-corrected chi connectivity index (χ2v) is 7.68. The molecular formula is C24H26N4O3. The van der Waals surface area contributed by atoms with Crippen LogP contribution in [0.15, 0.2) is 60.8 Å². The first kappa shape index (κ1) is 20.7. The second-order valence-electron chi connectivity index (χ2n) is 7.68. The normalized spacial score (nSPS) is 16.5. The summed E-state index contributed by atoms with van der Waals surface area (Å²) < 4.78 is 7.15. The third-order valence-corrected chi connectivity index (χ3v) is 5.59. The zero-order valence-corrected chi connectivity index (χ0v) is 17.7. The van der Waals surface area contributed by atoms with Crippen molar-refractivity contribution in [3.8, 4) is 16.9 Å². The lowest BCUT2D eigenvalue weighted by atomic mass is 9.91. The average Bonchev–Trinajstić information content (AvgIpc) is 3.15. The van der Waals surface area contributed by atoms with Gasteiger partial charge in [-0.05, 0) is 29.7 Å². The number of hydrogen-bond acceptors (Lipinski definition) is 4. The molecule has 0 bridgehead atoms. The summed E-state index contributed by atoms with van der Waals surface area (Å²) in [5.74, 6) is 0.240. The first-order valence-electron chi connectivity index (χ1n) is 10.3. The van der Waals surface area contributed by atoms with Crippen LogP contribution in [-0.4, -0.2) is 53.2 Å². The topological polar surface area (TPSA) is 76.5 Å². The molecule has 7 heteroatoms. The Hall–Kier alpha value is -3.61. The fourth-order valence-corrected chi connectivity index (χ4v) is 4.03. The molecule has 1 atom stereocenters. The second kappa shape index (κ2) is 9.04. The van der Waals surface area contributed by atoms with E-state index >= 15 is 0 Å². The smallest absolute Gasteiger partial charge is 0.274 e. The van der Waals surface area contributed by atoms with Crippen LogP contribution in [0.25, 0.3) is 11.1 Å². The van der Waals surface area contributed by atoms with Gasteiger partial charge in [-0.2, -0.15) is 5.10 Å². The van der Waals surface area contributed by atoms with E-state index in [1.54, 1.807) is 36.0 Å². The van der Waals surface area contributed by atoms with Gasteiger partial charge in [-0.15, -0.1) is 0 Å². The number of carbonyl (C=O) groups excluding carboxylic acids is 2. The largest absolute Gasteiger partial charge is 0.496 e. The number of aromatic nitrogens is 2. The van der Waals surface area contributed by atoms with Crippen LogP contribution in [0, 0.1) is 5.92 Å². The van der Waals surface area contributed by atoms with E-state index in [4.69, 9.17) is 4.74 Å². The summed E-state index contributed by atoms with van der Waals surface area (Å²) in [5.41, 5.74) is 3.44. The maximum Gasteiger partial charge on any atom is 0.274 e. The SMILES string of the molecule is COc1ccccc1-c1ccccc1CC1CN(C(=O)c2ccn(C)n2)CCNC1=O. The summed E-state index contributed by atoms with van der Waals surface area (Å²) in [6.07, 6.45) is 2.27. The van der Waals surface area contributed by atoms with Gasteiger partial charge in [0.15, 0.2) is 0 Å². The molecule has 160 valence electrons. The van der Waals surface area contributed by atoms with Crippen LogP contribution in [0.2, 0.25) is 0 Å². The number of ether oxygens (including phenoxy) is 1. The van der Waals surface area contributed by atoms with Crippen LogP contribution >= 0.6 is 0 Å². The lowest BCUT2D eigenvalue weighted by Gasteiger charge is -2.23. The number of hydrogen-bond donors (Lipinski definition) is 1. The molecule has 4 rings (SSSR count). The summed E-state index contributed by atoms with van der Waals surface area (Å²) in [4.78, 5) is 27.5. The molecule has 1 aliphatic heterocycles. The third kappa shape index (κ3) is 4.45. The van der Waals surface area contributed by atoms with Crippen LogP contribution in [0.4, 0.5) is 0 Å². The minimum absolute atomic E-state index is 0.0360. The first-order valence-corrected chi connectivity index (χ1v) is 10.3. The van der Waals surface area contributed by atoms with E-state index in [1.807, 2.05) is 48.5 Å². The van der Waals surface area contributed by atoms with E-state index in [-0.39, 0.29) is 17.7 Å². The number of methoxy groups -OCH3 is 1. The van der Waals surface area contributed by atoms with Gasteiger partial charge in [-0.3, -0.25) is 14.3 Å². The minimum atomic E-state index is -0.356. The highest BCUT2D eigenvalue weighted by Gasteiger charge is 2.29. The molecule has 1 saturated heterocycles. The molecular weight excluding hydrogens is 392 g/mol. The Bertz CT molecular complexity index is 1090. The van der Waals surface area contributed by atoms with Crippen molar-refractivity contribution in [3.05, 3.63) is 72.1 Å². The van der Waals surface area contributed by atoms with Gasteiger partial charge >= 0.3 is 0 Å². The number of rotatable bonds is 5. The molecule has 2 heterocycles. The summed E-state index contributed by atoms with van der Waals surface area (Å²) in [6, 6.07) is 17.6. The van der Waals surface area contributed by atoms with Crippen molar-refractivity contribution in [1.82, 2.24) is 20.0 Å². The molecule has 0 spiro atoms. The van der Waals surface area contributed by atoms with Gasteiger partial charge in [0.1, 0.15) is 11.4 Å². The molecule has 0 radical (unpaired) electrons. The predicted octanol–water partition coefficient (Wildman–Crippen LogP) is 2.53. The Morgan fingerprint density at radius 3 is 2.61 bits per heavy atom. The van der Waals surface area contributed by atoms with Gasteiger partial charge in [-0.25, -0.2) is 0 Å². The van der Waals surface area contributed by atoms with Crippen molar-refractivity contribution >= 4 is 11.8 Å². The predicted molar refractivity (Wildman–Crippen MR) is 118 cm³/mol. The first-order chi connectivity index (χ1) is 15.1. The lowest BCUT2D eigenvalue weighted by molar-refractivity contribution is -0.124. The number of aryl methyl sites for hydroxylation is 1. The minimum Gasteiger partial charge on any atom is -0.496 e. The van der Waals surface area contributed by atoms with E-state index in [0.717, 1.165) is 22.4 Å². The zero-order chi connectivity index (χ0) is 21.8. The van der Waals surface area contributed by atoms with Gasteiger partial charge < -0.3 is 15.0 Å². The molecule has 1 aliphatic rings. The fraction of sp³-hybridized carbons (Fsp3) is 0.292. The Kier molecular flexibility index (Phi) is 6.02. The summed E-state index contributed by atoms with van der Waals surface area (Å²) in [5, 5.41) is 7.18.